The van der Waals surface area contributed by atoms with E-state index < -0.39 is 19.6 Å². The molecule has 3 aromatic rings. The Morgan fingerprint density at radius 3 is 2.67 bits per heavy atom. The van der Waals surface area contributed by atoms with Crippen LogP contribution < -0.4 is 10.3 Å². The van der Waals surface area contributed by atoms with Crippen molar-refractivity contribution in [2.45, 2.75) is 64.2 Å². The summed E-state index contributed by atoms with van der Waals surface area (Å²) in [5.74, 6) is -0.0478. The van der Waals surface area contributed by atoms with Gasteiger partial charge in [-0.2, -0.15) is 0 Å². The lowest BCUT2D eigenvalue weighted by Crippen LogP contribution is -2.44. The van der Waals surface area contributed by atoms with Crippen molar-refractivity contribution in [2.24, 2.45) is 0 Å². The minimum atomic E-state index is -1.85. The molecule has 0 fully saturated rings. The van der Waals surface area contributed by atoms with Crippen LogP contribution in [0.2, 0.25) is 19.6 Å². The van der Waals surface area contributed by atoms with Crippen molar-refractivity contribution in [3.63, 3.8) is 0 Å². The van der Waals surface area contributed by atoms with Gasteiger partial charge < -0.3 is 23.9 Å². The molecule has 4 heterocycles. The molecule has 1 aromatic carbocycles. The summed E-state index contributed by atoms with van der Waals surface area (Å²) >= 11 is 0. The summed E-state index contributed by atoms with van der Waals surface area (Å²) in [5, 5.41) is 12.0. The molecule has 2 aliphatic rings. The number of rotatable bonds is 6. The molecule has 1 unspecified atom stereocenters. The molecule has 1 N–H and O–H groups in total. The number of aromatic nitrogens is 2. The SMILES string of the molecule is CC[C@@]1(O)C(=O)OCc2c1cc1n(c2=O)Cc2cc3c(OCOC)ccc(C(C)[Si](C)(C)C)c3nc2-1. The topological polar surface area (TPSA) is 99.9 Å². The standard InChI is InChI=1S/C27H32N2O6Si/c1-7-27(32)20-11-21-23-16(12-29(21)25(30)19(20)13-34-26(27)31)10-18-22(35-14-33-3)9-8-17(24(18)28-23)15(2)36(4,5)6/h8-11,15,32H,7,12-14H2,1-6H3/t15?,27-/m0/s1. The predicted octanol–water partition coefficient (Wildman–Crippen LogP) is 4.04. The molecule has 2 atom stereocenters. The van der Waals surface area contributed by atoms with Crippen LogP contribution in [0.5, 0.6) is 5.75 Å². The van der Waals surface area contributed by atoms with E-state index in [0.717, 1.165) is 22.0 Å². The first kappa shape index (κ1) is 24.7. The highest BCUT2D eigenvalue weighted by molar-refractivity contribution is 6.77. The largest absolute Gasteiger partial charge is 0.467 e. The zero-order chi connectivity index (χ0) is 26.0. The molecular formula is C27H32N2O6Si. The minimum absolute atomic E-state index is 0.109. The number of ether oxygens (including phenoxy) is 3. The van der Waals surface area contributed by atoms with Gasteiger partial charge in [-0.1, -0.05) is 39.6 Å². The van der Waals surface area contributed by atoms with E-state index in [1.807, 2.05) is 12.1 Å². The number of carbonyl (C=O) groups excluding carboxylic acids is 1. The van der Waals surface area contributed by atoms with Crippen molar-refractivity contribution < 1.29 is 24.1 Å². The average Bonchev–Trinajstić information content (AvgIpc) is 3.21. The molecule has 2 aliphatic heterocycles. The van der Waals surface area contributed by atoms with Crippen molar-refractivity contribution in [1.29, 1.82) is 0 Å². The molecule has 0 amide bonds. The van der Waals surface area contributed by atoms with Crippen LogP contribution >= 0.6 is 0 Å². The van der Waals surface area contributed by atoms with Gasteiger partial charge in [-0.25, -0.2) is 9.78 Å². The Morgan fingerprint density at radius 2 is 2.00 bits per heavy atom. The van der Waals surface area contributed by atoms with Crippen LogP contribution in [0.15, 0.2) is 29.1 Å². The van der Waals surface area contributed by atoms with Gasteiger partial charge in [0.05, 0.1) is 37.1 Å². The summed E-state index contributed by atoms with van der Waals surface area (Å²) in [7, 11) is 0.0159. The van der Waals surface area contributed by atoms with Crippen molar-refractivity contribution in [3.05, 3.63) is 56.9 Å². The van der Waals surface area contributed by atoms with E-state index >= 15 is 0 Å². The zero-order valence-electron chi connectivity index (χ0n) is 21.6. The van der Waals surface area contributed by atoms with Gasteiger partial charge in [-0.3, -0.25) is 4.79 Å². The first-order chi connectivity index (χ1) is 17.0. The second kappa shape index (κ2) is 8.54. The zero-order valence-corrected chi connectivity index (χ0v) is 22.6. The summed E-state index contributed by atoms with van der Waals surface area (Å²) in [6.07, 6.45) is 0.109. The van der Waals surface area contributed by atoms with Crippen LogP contribution in [-0.4, -0.2) is 42.6 Å². The number of cyclic esters (lactones) is 1. The summed E-state index contributed by atoms with van der Waals surface area (Å²) in [5.41, 5.74) is 3.00. The average molecular weight is 509 g/mol. The number of methoxy groups -OCH3 is 1. The number of esters is 1. The third-order valence-electron chi connectivity index (χ3n) is 7.77. The third kappa shape index (κ3) is 3.60. The quantitative estimate of drug-likeness (QED) is 0.238. The lowest BCUT2D eigenvalue weighted by Gasteiger charge is -2.31. The number of fused-ring (bicyclic) bond motifs is 5. The summed E-state index contributed by atoms with van der Waals surface area (Å²) in [6, 6.07) is 7.84. The second-order valence-electron chi connectivity index (χ2n) is 10.8. The molecule has 2 aromatic heterocycles. The van der Waals surface area contributed by atoms with Crippen molar-refractivity contribution in [2.75, 3.05) is 13.9 Å². The highest BCUT2D eigenvalue weighted by Crippen LogP contribution is 2.42. The molecule has 0 bridgehead atoms. The fourth-order valence-corrected chi connectivity index (χ4v) is 6.29. The van der Waals surface area contributed by atoms with Crippen LogP contribution in [0.3, 0.4) is 0 Å². The minimum Gasteiger partial charge on any atom is -0.467 e. The first-order valence-electron chi connectivity index (χ1n) is 12.3. The van der Waals surface area contributed by atoms with E-state index in [2.05, 4.69) is 32.6 Å². The molecule has 0 saturated heterocycles. The van der Waals surface area contributed by atoms with E-state index in [0.29, 0.717) is 40.4 Å². The van der Waals surface area contributed by atoms with Gasteiger partial charge in [0.2, 0.25) is 0 Å². The van der Waals surface area contributed by atoms with E-state index in [1.165, 1.54) is 0 Å². The normalized spacial score (nSPS) is 19.5. The van der Waals surface area contributed by atoms with E-state index in [9.17, 15) is 14.7 Å². The number of carbonyl (C=O) groups is 1. The maximum absolute atomic E-state index is 13.5. The molecule has 190 valence electrons. The van der Waals surface area contributed by atoms with Gasteiger partial charge in [-0.15, -0.1) is 0 Å². The Labute approximate surface area is 210 Å². The van der Waals surface area contributed by atoms with Crippen LogP contribution in [0.4, 0.5) is 0 Å². The van der Waals surface area contributed by atoms with Crippen LogP contribution in [0, 0.1) is 0 Å². The van der Waals surface area contributed by atoms with Crippen molar-refractivity contribution >= 4 is 24.9 Å². The number of pyridine rings is 2. The Bertz CT molecular complexity index is 1460. The second-order valence-corrected chi connectivity index (χ2v) is 16.4. The molecule has 0 radical (unpaired) electrons. The van der Waals surface area contributed by atoms with Gasteiger partial charge >= 0.3 is 5.97 Å². The number of nitrogens with zero attached hydrogens (tertiary/aromatic N) is 2. The molecular weight excluding hydrogens is 476 g/mol. The van der Waals surface area contributed by atoms with Gasteiger partial charge in [0.25, 0.3) is 5.56 Å². The Hall–Kier alpha value is -3.01. The van der Waals surface area contributed by atoms with Crippen LogP contribution in [0.1, 0.15) is 48.1 Å². The van der Waals surface area contributed by atoms with E-state index in [1.54, 1.807) is 24.7 Å². The van der Waals surface area contributed by atoms with Gasteiger partial charge in [0.15, 0.2) is 12.4 Å². The molecule has 9 heteroatoms. The summed E-state index contributed by atoms with van der Waals surface area (Å²) < 4.78 is 17.8. The number of hydrogen-bond acceptors (Lipinski definition) is 7. The molecule has 0 spiro atoms. The Kier molecular flexibility index (Phi) is 5.85. The van der Waals surface area contributed by atoms with E-state index in [-0.39, 0.29) is 25.4 Å². The highest BCUT2D eigenvalue weighted by atomic mass is 28.3. The number of aliphatic hydroxyl groups is 1. The number of hydrogen-bond donors (Lipinski definition) is 1. The lowest BCUT2D eigenvalue weighted by atomic mass is 9.86. The molecule has 0 saturated carbocycles. The van der Waals surface area contributed by atoms with E-state index in [4.69, 9.17) is 19.2 Å². The first-order valence-corrected chi connectivity index (χ1v) is 15.8. The molecule has 8 nitrogen and oxygen atoms in total. The fourth-order valence-electron chi connectivity index (χ4n) is 5.13. The van der Waals surface area contributed by atoms with Crippen molar-refractivity contribution in [3.8, 4) is 17.1 Å². The third-order valence-corrected chi connectivity index (χ3v) is 10.7. The Balaban J connectivity index is 1.77. The van der Waals surface area contributed by atoms with Crippen LogP contribution in [-0.2, 0) is 33.0 Å². The van der Waals surface area contributed by atoms with Crippen molar-refractivity contribution in [1.82, 2.24) is 9.55 Å². The van der Waals surface area contributed by atoms with Gasteiger partial charge in [0, 0.05) is 23.6 Å². The Morgan fingerprint density at radius 1 is 1.25 bits per heavy atom. The predicted molar refractivity (Wildman–Crippen MR) is 139 cm³/mol. The number of benzene rings is 1. The molecule has 36 heavy (non-hydrogen) atoms. The maximum atomic E-state index is 13.5. The fraction of sp³-hybridized carbons (Fsp3) is 0.444. The lowest BCUT2D eigenvalue weighted by molar-refractivity contribution is -0.172. The molecule has 0 aliphatic carbocycles. The molecule has 5 rings (SSSR count). The summed E-state index contributed by atoms with van der Waals surface area (Å²) in [4.78, 5) is 31.1. The maximum Gasteiger partial charge on any atom is 0.343 e. The van der Waals surface area contributed by atoms with Gasteiger partial charge in [0.1, 0.15) is 12.4 Å². The summed E-state index contributed by atoms with van der Waals surface area (Å²) in [6.45, 7) is 11.3. The monoisotopic (exact) mass is 508 g/mol. The van der Waals surface area contributed by atoms with Gasteiger partial charge in [-0.05, 0) is 35.7 Å². The van der Waals surface area contributed by atoms with Crippen LogP contribution in [0.25, 0.3) is 22.3 Å². The smallest absolute Gasteiger partial charge is 0.343 e. The highest BCUT2D eigenvalue weighted by Gasteiger charge is 2.45.